The second-order valence-electron chi connectivity index (χ2n) is 3.65. The van der Waals surface area contributed by atoms with Gasteiger partial charge in [-0.15, -0.1) is 5.10 Å². The molecule has 5 heteroatoms. The topological polar surface area (TPSA) is 66.0 Å². The van der Waals surface area contributed by atoms with Crippen LogP contribution in [0.15, 0.2) is 6.20 Å². The van der Waals surface area contributed by atoms with Crippen molar-refractivity contribution in [3.05, 3.63) is 11.9 Å². The fraction of sp³-hybridized carbons (Fsp3) is 0.750. The standard InChI is InChI=1S/C8H16N4O/c1-8(9,6-13-3)4-7-5-12(2)11-10-7/h5H,4,6,9H2,1-3H3. The van der Waals surface area contributed by atoms with Crippen LogP contribution in [0.25, 0.3) is 0 Å². The van der Waals surface area contributed by atoms with E-state index in [4.69, 9.17) is 10.5 Å². The molecule has 1 aromatic heterocycles. The number of hydrogen-bond acceptors (Lipinski definition) is 4. The summed E-state index contributed by atoms with van der Waals surface area (Å²) in [6.07, 6.45) is 2.54. The minimum atomic E-state index is -0.370. The van der Waals surface area contributed by atoms with Gasteiger partial charge in [0, 0.05) is 32.3 Å². The van der Waals surface area contributed by atoms with Crippen molar-refractivity contribution in [2.75, 3.05) is 13.7 Å². The van der Waals surface area contributed by atoms with Crippen LogP contribution in [0, 0.1) is 0 Å². The van der Waals surface area contributed by atoms with Crippen LogP contribution in [0.3, 0.4) is 0 Å². The lowest BCUT2D eigenvalue weighted by atomic mass is 9.99. The summed E-state index contributed by atoms with van der Waals surface area (Å²) in [7, 11) is 3.47. The third kappa shape index (κ3) is 3.12. The van der Waals surface area contributed by atoms with Gasteiger partial charge in [-0.2, -0.15) is 0 Å². The molecule has 1 heterocycles. The molecule has 13 heavy (non-hydrogen) atoms. The molecule has 0 saturated heterocycles. The molecular weight excluding hydrogens is 168 g/mol. The van der Waals surface area contributed by atoms with E-state index < -0.39 is 0 Å². The molecule has 1 aromatic rings. The van der Waals surface area contributed by atoms with Crippen molar-refractivity contribution in [2.24, 2.45) is 12.8 Å². The Morgan fingerprint density at radius 3 is 2.85 bits per heavy atom. The van der Waals surface area contributed by atoms with E-state index in [-0.39, 0.29) is 5.54 Å². The first-order valence-corrected chi connectivity index (χ1v) is 4.16. The van der Waals surface area contributed by atoms with Crippen molar-refractivity contribution in [3.63, 3.8) is 0 Å². The van der Waals surface area contributed by atoms with E-state index in [1.165, 1.54) is 0 Å². The Morgan fingerprint density at radius 1 is 1.69 bits per heavy atom. The zero-order valence-electron chi connectivity index (χ0n) is 8.32. The van der Waals surface area contributed by atoms with Crippen molar-refractivity contribution in [2.45, 2.75) is 18.9 Å². The first kappa shape index (κ1) is 10.1. The van der Waals surface area contributed by atoms with Crippen LogP contribution in [0.2, 0.25) is 0 Å². The van der Waals surface area contributed by atoms with Gasteiger partial charge in [0.2, 0.25) is 0 Å². The van der Waals surface area contributed by atoms with E-state index >= 15 is 0 Å². The van der Waals surface area contributed by atoms with E-state index in [1.807, 2.05) is 20.2 Å². The van der Waals surface area contributed by atoms with Gasteiger partial charge >= 0.3 is 0 Å². The third-order valence-electron chi connectivity index (χ3n) is 1.71. The summed E-state index contributed by atoms with van der Waals surface area (Å²) in [5, 5.41) is 7.79. The second-order valence-corrected chi connectivity index (χ2v) is 3.65. The molecule has 0 radical (unpaired) electrons. The number of aryl methyl sites for hydroxylation is 1. The third-order valence-corrected chi connectivity index (χ3v) is 1.71. The highest BCUT2D eigenvalue weighted by Gasteiger charge is 2.20. The summed E-state index contributed by atoms with van der Waals surface area (Å²) in [6, 6.07) is 0. The van der Waals surface area contributed by atoms with Crippen molar-refractivity contribution in [3.8, 4) is 0 Å². The highest BCUT2D eigenvalue weighted by molar-refractivity contribution is 4.99. The summed E-state index contributed by atoms with van der Waals surface area (Å²) in [4.78, 5) is 0. The molecular formula is C8H16N4O. The van der Waals surface area contributed by atoms with Gasteiger partial charge in [0.15, 0.2) is 0 Å². The number of hydrogen-bond donors (Lipinski definition) is 1. The molecule has 0 aliphatic rings. The molecule has 0 amide bonds. The van der Waals surface area contributed by atoms with Gasteiger partial charge in [-0.1, -0.05) is 5.21 Å². The van der Waals surface area contributed by atoms with Gasteiger partial charge in [-0.05, 0) is 6.92 Å². The molecule has 0 aliphatic carbocycles. The molecule has 1 unspecified atom stereocenters. The minimum absolute atomic E-state index is 0.370. The lowest BCUT2D eigenvalue weighted by molar-refractivity contribution is 0.140. The van der Waals surface area contributed by atoms with Gasteiger partial charge in [-0.3, -0.25) is 4.68 Å². The van der Waals surface area contributed by atoms with Gasteiger partial charge < -0.3 is 10.5 Å². The van der Waals surface area contributed by atoms with E-state index in [2.05, 4.69) is 10.3 Å². The van der Waals surface area contributed by atoms with Crippen molar-refractivity contribution in [1.29, 1.82) is 0 Å². The van der Waals surface area contributed by atoms with Crippen molar-refractivity contribution < 1.29 is 4.74 Å². The van der Waals surface area contributed by atoms with Crippen LogP contribution in [-0.4, -0.2) is 34.2 Å². The normalized spacial score (nSPS) is 15.7. The van der Waals surface area contributed by atoms with Gasteiger partial charge in [0.1, 0.15) is 0 Å². The second kappa shape index (κ2) is 3.85. The molecule has 1 rings (SSSR count). The average Bonchev–Trinajstić information content (AvgIpc) is 2.34. The van der Waals surface area contributed by atoms with Crippen LogP contribution >= 0.6 is 0 Å². The number of aromatic nitrogens is 3. The van der Waals surface area contributed by atoms with E-state index in [9.17, 15) is 0 Å². The first-order chi connectivity index (χ1) is 6.03. The Bertz CT molecular complexity index is 269. The maximum Gasteiger partial charge on any atom is 0.0846 e. The summed E-state index contributed by atoms with van der Waals surface area (Å²) in [6.45, 7) is 2.45. The molecule has 0 saturated carbocycles. The SMILES string of the molecule is COCC(C)(N)Cc1cn(C)nn1. The number of nitrogens with two attached hydrogens (primary N) is 1. The van der Waals surface area contributed by atoms with E-state index in [1.54, 1.807) is 11.8 Å². The Balaban J connectivity index is 2.57. The Morgan fingerprint density at radius 2 is 2.38 bits per heavy atom. The van der Waals surface area contributed by atoms with E-state index in [0.717, 1.165) is 5.69 Å². The quantitative estimate of drug-likeness (QED) is 0.699. The molecule has 0 fully saturated rings. The average molecular weight is 184 g/mol. The van der Waals surface area contributed by atoms with Crippen LogP contribution in [-0.2, 0) is 18.2 Å². The highest BCUT2D eigenvalue weighted by Crippen LogP contribution is 2.07. The maximum atomic E-state index is 5.97. The largest absolute Gasteiger partial charge is 0.383 e. The Hall–Kier alpha value is -0.940. The number of ether oxygens (including phenoxy) is 1. The van der Waals surface area contributed by atoms with Crippen LogP contribution in [0.1, 0.15) is 12.6 Å². The molecule has 2 N–H and O–H groups in total. The molecule has 0 spiro atoms. The van der Waals surface area contributed by atoms with Crippen LogP contribution in [0.4, 0.5) is 0 Å². The number of rotatable bonds is 4. The predicted octanol–water partition coefficient (Wildman–Crippen LogP) is -0.279. The van der Waals surface area contributed by atoms with E-state index in [0.29, 0.717) is 13.0 Å². The monoisotopic (exact) mass is 184 g/mol. The van der Waals surface area contributed by atoms with Crippen LogP contribution in [0.5, 0.6) is 0 Å². The molecule has 5 nitrogen and oxygen atoms in total. The molecule has 0 aromatic carbocycles. The van der Waals surface area contributed by atoms with Gasteiger partial charge in [0.25, 0.3) is 0 Å². The zero-order chi connectivity index (χ0) is 9.90. The van der Waals surface area contributed by atoms with Crippen molar-refractivity contribution in [1.82, 2.24) is 15.0 Å². The summed E-state index contributed by atoms with van der Waals surface area (Å²) >= 11 is 0. The smallest absolute Gasteiger partial charge is 0.0846 e. The Labute approximate surface area is 77.9 Å². The highest BCUT2D eigenvalue weighted by atomic mass is 16.5. The lowest BCUT2D eigenvalue weighted by Gasteiger charge is -2.21. The predicted molar refractivity (Wildman–Crippen MR) is 49.2 cm³/mol. The fourth-order valence-corrected chi connectivity index (χ4v) is 1.27. The summed E-state index contributed by atoms with van der Waals surface area (Å²) in [5.41, 5.74) is 6.49. The fourth-order valence-electron chi connectivity index (χ4n) is 1.27. The summed E-state index contributed by atoms with van der Waals surface area (Å²) in [5.74, 6) is 0. The molecule has 0 aliphatic heterocycles. The Kier molecular flexibility index (Phi) is 3.00. The molecule has 74 valence electrons. The first-order valence-electron chi connectivity index (χ1n) is 4.16. The maximum absolute atomic E-state index is 5.97. The minimum Gasteiger partial charge on any atom is -0.383 e. The number of nitrogens with zero attached hydrogens (tertiary/aromatic N) is 3. The van der Waals surface area contributed by atoms with Crippen molar-refractivity contribution >= 4 is 0 Å². The van der Waals surface area contributed by atoms with Gasteiger partial charge in [0.05, 0.1) is 12.3 Å². The zero-order valence-corrected chi connectivity index (χ0v) is 8.32. The molecule has 0 bridgehead atoms. The van der Waals surface area contributed by atoms with Crippen LogP contribution < -0.4 is 5.73 Å². The van der Waals surface area contributed by atoms with Gasteiger partial charge in [-0.25, -0.2) is 0 Å². The summed E-state index contributed by atoms with van der Waals surface area (Å²) < 4.78 is 6.67. The number of methoxy groups -OCH3 is 1. The lowest BCUT2D eigenvalue weighted by Crippen LogP contribution is -2.43. The molecule has 1 atom stereocenters.